The molecule has 0 heterocycles. The van der Waals surface area contributed by atoms with E-state index in [1.807, 2.05) is 0 Å². The number of rotatable bonds is 12. The van der Waals surface area contributed by atoms with Crippen LogP contribution in [0.15, 0.2) is 36.4 Å². The Bertz CT molecular complexity index is 1010. The molecule has 2 aromatic rings. The zero-order valence-electron chi connectivity index (χ0n) is 18.7. The lowest BCUT2D eigenvalue weighted by atomic mass is 9.79. The summed E-state index contributed by atoms with van der Waals surface area (Å²) in [7, 11) is -2.38. The molecule has 2 rings (SSSR count). The Balaban J connectivity index is 2.30. The molecule has 34 heavy (non-hydrogen) atoms. The fraction of sp³-hybridized carbons (Fsp3) is 0.333. The van der Waals surface area contributed by atoms with Gasteiger partial charge in [-0.05, 0) is 49.0 Å². The first kappa shape index (κ1) is 27.3. The Morgan fingerprint density at radius 1 is 1.09 bits per heavy atom. The first-order valence-corrected chi connectivity index (χ1v) is 10.6. The molecule has 0 aromatic heterocycles. The summed E-state index contributed by atoms with van der Waals surface area (Å²) in [6, 6.07) is 6.99. The molecule has 1 atom stereocenters. The van der Waals surface area contributed by atoms with Crippen LogP contribution in [0.3, 0.4) is 0 Å². The van der Waals surface area contributed by atoms with Crippen LogP contribution < -0.4 is 27.1 Å². The van der Waals surface area contributed by atoms with Crippen molar-refractivity contribution in [2.24, 2.45) is 11.5 Å². The van der Waals surface area contributed by atoms with Gasteiger partial charge in [0.2, 0.25) is 5.91 Å². The minimum absolute atomic E-state index is 0.0414. The van der Waals surface area contributed by atoms with E-state index in [9.17, 15) is 34.1 Å². The summed E-state index contributed by atoms with van der Waals surface area (Å²) in [6.45, 7) is 0.284. The molecule has 182 valence electrons. The molecule has 10 nitrogen and oxygen atoms in total. The summed E-state index contributed by atoms with van der Waals surface area (Å²) in [5.41, 5.74) is 11.2. The Morgan fingerprint density at radius 3 is 2.38 bits per heavy atom. The van der Waals surface area contributed by atoms with Gasteiger partial charge in [0.25, 0.3) is 5.91 Å². The number of primary amides is 1. The monoisotopic (exact) mass is 475 g/mol. The predicted molar refractivity (Wildman–Crippen MR) is 125 cm³/mol. The van der Waals surface area contributed by atoms with Crippen LogP contribution >= 0.6 is 0 Å². The van der Waals surface area contributed by atoms with Gasteiger partial charge in [0.15, 0.2) is 0 Å². The summed E-state index contributed by atoms with van der Waals surface area (Å²) in [6.07, 6.45) is 1.31. The molecule has 0 aliphatic heterocycles. The average Bonchev–Trinajstić information content (AvgIpc) is 2.80. The number of ether oxygens (including phenoxy) is 1. The van der Waals surface area contributed by atoms with Crippen molar-refractivity contribution in [2.75, 3.05) is 13.7 Å². The minimum atomic E-state index is -2.09. The zero-order valence-corrected chi connectivity index (χ0v) is 18.7. The van der Waals surface area contributed by atoms with Gasteiger partial charge in [-0.3, -0.25) is 9.59 Å². The normalized spacial score (nSPS) is 11.6. The third-order valence-electron chi connectivity index (χ3n) is 5.34. The number of amides is 2. The number of nitrogens with zero attached hydrogens (tertiary/aromatic N) is 1. The van der Waals surface area contributed by atoms with Gasteiger partial charge in [0.1, 0.15) is 11.6 Å². The first-order chi connectivity index (χ1) is 16.0. The van der Waals surface area contributed by atoms with E-state index in [2.05, 4.69) is 0 Å². The number of halogens is 1. The van der Waals surface area contributed by atoms with Gasteiger partial charge < -0.3 is 41.2 Å². The lowest BCUT2D eigenvalue weighted by molar-refractivity contribution is -0.119. The maximum absolute atomic E-state index is 13.9. The number of methoxy groups -OCH3 is 1. The van der Waals surface area contributed by atoms with Gasteiger partial charge in [-0.2, -0.15) is 0 Å². The van der Waals surface area contributed by atoms with Crippen LogP contribution in [0.5, 0.6) is 5.75 Å². The van der Waals surface area contributed by atoms with Crippen LogP contribution in [0.25, 0.3) is 0 Å². The number of benzene rings is 2. The molecule has 2 amide bonds. The third-order valence-corrected chi connectivity index (χ3v) is 5.34. The molecule has 0 saturated heterocycles. The molecule has 0 bridgehead atoms. The highest BCUT2D eigenvalue weighted by Gasteiger charge is 2.23. The second-order valence-electron chi connectivity index (χ2n) is 7.79. The van der Waals surface area contributed by atoms with E-state index < -0.39 is 43.4 Å². The molecule has 8 N–H and O–H groups in total. The maximum atomic E-state index is 13.9. The van der Waals surface area contributed by atoms with Crippen LogP contribution in [-0.4, -0.2) is 70.7 Å². The van der Waals surface area contributed by atoms with Crippen molar-refractivity contribution in [3.05, 3.63) is 53.3 Å². The standard InChI is InChI=1S/C21H28B2FN3O7/c1-34-19-11-15(22(30)31)7-5-14(19)12-27(9-3-2-4-18(25)20(26)28)21(29)13-6-8-17(24)16(10-13)23(32)33/h5-8,10-11,18,30-33H,2-4,9,12,25H2,1H3,(H2,26,28)/t18-/m0/s1. The van der Waals surface area contributed by atoms with Crippen LogP contribution in [0.2, 0.25) is 0 Å². The second kappa shape index (κ2) is 12.5. The van der Waals surface area contributed by atoms with Gasteiger partial charge in [0.05, 0.1) is 13.2 Å². The maximum Gasteiger partial charge on any atom is 0.491 e. The van der Waals surface area contributed by atoms with Gasteiger partial charge in [0, 0.05) is 29.7 Å². The van der Waals surface area contributed by atoms with Gasteiger partial charge in [-0.25, -0.2) is 4.39 Å². The Kier molecular flexibility index (Phi) is 10.0. The smallest absolute Gasteiger partial charge is 0.491 e. The summed E-state index contributed by atoms with van der Waals surface area (Å²) in [5, 5.41) is 37.5. The van der Waals surface area contributed by atoms with E-state index in [-0.39, 0.29) is 24.1 Å². The zero-order chi connectivity index (χ0) is 25.4. The van der Waals surface area contributed by atoms with E-state index in [1.165, 1.54) is 30.2 Å². The van der Waals surface area contributed by atoms with Crippen molar-refractivity contribution in [1.82, 2.24) is 4.90 Å². The van der Waals surface area contributed by atoms with Crippen molar-refractivity contribution in [3.8, 4) is 5.75 Å². The van der Waals surface area contributed by atoms with Crippen LogP contribution in [-0.2, 0) is 11.3 Å². The fourth-order valence-electron chi connectivity index (χ4n) is 3.38. The summed E-state index contributed by atoms with van der Waals surface area (Å²) < 4.78 is 19.2. The predicted octanol–water partition coefficient (Wildman–Crippen LogP) is -2.18. The molecule has 0 aliphatic carbocycles. The van der Waals surface area contributed by atoms with Crippen molar-refractivity contribution >= 4 is 37.0 Å². The van der Waals surface area contributed by atoms with Crippen molar-refractivity contribution in [2.45, 2.75) is 31.8 Å². The summed E-state index contributed by atoms with van der Waals surface area (Å²) >= 11 is 0. The highest BCUT2D eigenvalue weighted by atomic mass is 19.1. The number of carbonyl (C=O) groups is 2. The van der Waals surface area contributed by atoms with Crippen LogP contribution in [0.4, 0.5) is 4.39 Å². The van der Waals surface area contributed by atoms with Crippen LogP contribution in [0, 0.1) is 5.82 Å². The molecule has 0 radical (unpaired) electrons. The molecule has 0 fully saturated rings. The SMILES string of the molecule is COc1cc(B(O)O)ccc1CN(CCCC[C@H](N)C(N)=O)C(=O)c1ccc(F)c(B(O)O)c1. The molecule has 0 aliphatic rings. The fourth-order valence-corrected chi connectivity index (χ4v) is 3.38. The van der Waals surface area contributed by atoms with Gasteiger partial charge in [-0.15, -0.1) is 0 Å². The number of hydrogen-bond acceptors (Lipinski definition) is 8. The molecular formula is C21H28B2FN3O7. The lowest BCUT2D eigenvalue weighted by Gasteiger charge is -2.25. The Labute approximate surface area is 197 Å². The van der Waals surface area contributed by atoms with Crippen molar-refractivity contribution in [1.29, 1.82) is 0 Å². The van der Waals surface area contributed by atoms with Crippen molar-refractivity contribution < 1.29 is 38.8 Å². The molecule has 13 heteroatoms. The van der Waals surface area contributed by atoms with E-state index in [1.54, 1.807) is 6.07 Å². The quantitative estimate of drug-likeness (QED) is 0.148. The van der Waals surface area contributed by atoms with E-state index in [0.29, 0.717) is 30.6 Å². The molecule has 2 aromatic carbocycles. The molecule has 0 spiro atoms. The Morgan fingerprint density at radius 2 is 1.79 bits per heavy atom. The number of unbranched alkanes of at least 4 members (excludes halogenated alkanes) is 1. The minimum Gasteiger partial charge on any atom is -0.496 e. The lowest BCUT2D eigenvalue weighted by Crippen LogP contribution is -2.37. The number of hydrogen-bond donors (Lipinski definition) is 6. The molecule has 0 unspecified atom stereocenters. The Hall–Kier alpha value is -2.96. The second-order valence-corrected chi connectivity index (χ2v) is 7.79. The summed E-state index contributed by atoms with van der Waals surface area (Å²) in [4.78, 5) is 25.8. The van der Waals surface area contributed by atoms with E-state index in [0.717, 1.165) is 12.1 Å². The van der Waals surface area contributed by atoms with Gasteiger partial charge >= 0.3 is 14.2 Å². The topological polar surface area (TPSA) is 180 Å². The van der Waals surface area contributed by atoms with E-state index >= 15 is 0 Å². The summed E-state index contributed by atoms with van der Waals surface area (Å²) in [5.74, 6) is -1.66. The van der Waals surface area contributed by atoms with E-state index in [4.69, 9.17) is 16.2 Å². The number of nitrogens with two attached hydrogens (primary N) is 2. The molecule has 0 saturated carbocycles. The van der Waals surface area contributed by atoms with Crippen LogP contribution in [0.1, 0.15) is 35.2 Å². The highest BCUT2D eigenvalue weighted by molar-refractivity contribution is 6.59. The largest absolute Gasteiger partial charge is 0.496 e. The molecular weight excluding hydrogens is 447 g/mol. The average molecular weight is 475 g/mol. The van der Waals surface area contributed by atoms with Crippen molar-refractivity contribution in [3.63, 3.8) is 0 Å². The van der Waals surface area contributed by atoms with Gasteiger partial charge in [-0.1, -0.05) is 12.1 Å². The first-order valence-electron chi connectivity index (χ1n) is 10.6. The highest BCUT2D eigenvalue weighted by Crippen LogP contribution is 2.21. The number of carbonyl (C=O) groups excluding carboxylic acids is 2. The third kappa shape index (κ3) is 7.27.